The third-order valence-corrected chi connectivity index (χ3v) is 8.08. The summed E-state index contributed by atoms with van der Waals surface area (Å²) in [6, 6.07) is 8.33. The Kier molecular flexibility index (Phi) is 5.73. The minimum absolute atomic E-state index is 0.107. The van der Waals surface area contributed by atoms with E-state index in [0.717, 1.165) is 56.1 Å². The molecule has 0 radical (unpaired) electrons. The summed E-state index contributed by atoms with van der Waals surface area (Å²) in [6.07, 6.45) is 2.19. The average Bonchev–Trinajstić information content (AvgIpc) is 3.20. The number of hydrogen-bond acceptors (Lipinski definition) is 6. The number of thiazole rings is 1. The highest BCUT2D eigenvalue weighted by atomic mass is 32.2. The molecule has 2 saturated heterocycles. The van der Waals surface area contributed by atoms with E-state index in [0.29, 0.717) is 0 Å². The van der Waals surface area contributed by atoms with Crippen LogP contribution in [0, 0.1) is 0 Å². The van der Waals surface area contributed by atoms with Crippen LogP contribution in [0.1, 0.15) is 37.6 Å². The van der Waals surface area contributed by atoms with Gasteiger partial charge in [0, 0.05) is 32.1 Å². The summed E-state index contributed by atoms with van der Waals surface area (Å²) in [7, 11) is 0. The number of fused-ring (bicyclic) bond motifs is 1. The van der Waals surface area contributed by atoms with Crippen molar-refractivity contribution in [3.63, 3.8) is 0 Å². The topological polar surface area (TPSA) is 57.3 Å². The molecule has 2 unspecified atom stereocenters. The summed E-state index contributed by atoms with van der Waals surface area (Å²) in [5, 5.41) is 7.92. The monoisotopic (exact) mass is 404 g/mol. The SMILES string of the molecule is CC1(C)SC(C(CCCN2CCNCC2)c2nc3ccccc3s2)NC1=O. The van der Waals surface area contributed by atoms with Gasteiger partial charge in [0.25, 0.3) is 0 Å². The minimum atomic E-state index is -0.363. The van der Waals surface area contributed by atoms with Gasteiger partial charge in [0.05, 0.1) is 25.3 Å². The maximum Gasteiger partial charge on any atom is 0.236 e. The Bertz CT molecular complexity index is 767. The number of nitrogens with one attached hydrogen (secondary N) is 2. The third-order valence-electron chi connectivity index (χ3n) is 5.43. The zero-order chi connectivity index (χ0) is 18.9. The molecular formula is C20H28N4OS2. The summed E-state index contributed by atoms with van der Waals surface area (Å²) in [4.78, 5) is 19.8. The number of carbonyl (C=O) groups excluding carboxylic acids is 1. The number of nitrogens with zero attached hydrogens (tertiary/aromatic N) is 2. The average molecular weight is 405 g/mol. The molecule has 3 heterocycles. The molecule has 2 N–H and O–H groups in total. The number of benzene rings is 1. The standard InChI is InChI=1S/C20H28N4OS2/c1-20(2)19(25)23-18(27-20)14(6-5-11-24-12-9-21-10-13-24)17-22-15-7-3-4-8-16(15)26-17/h3-4,7-8,14,18,21H,5-6,9-13H2,1-2H3,(H,23,25). The Hall–Kier alpha value is -1.15. The second-order valence-electron chi connectivity index (χ2n) is 7.88. The summed E-state index contributed by atoms with van der Waals surface area (Å²) >= 11 is 3.54. The zero-order valence-corrected chi connectivity index (χ0v) is 17.7. The molecule has 146 valence electrons. The number of amides is 1. The van der Waals surface area contributed by atoms with Crippen LogP contribution in [0.4, 0.5) is 0 Å². The fourth-order valence-electron chi connectivity index (χ4n) is 3.81. The van der Waals surface area contributed by atoms with Crippen LogP contribution in [-0.4, -0.2) is 58.6 Å². The molecule has 1 aromatic heterocycles. The van der Waals surface area contributed by atoms with Gasteiger partial charge in [-0.05, 0) is 45.4 Å². The molecule has 2 atom stereocenters. The van der Waals surface area contributed by atoms with E-state index in [1.54, 1.807) is 23.1 Å². The summed E-state index contributed by atoms with van der Waals surface area (Å²) in [5.74, 6) is 0.409. The number of hydrogen-bond donors (Lipinski definition) is 2. The van der Waals surface area contributed by atoms with E-state index in [2.05, 4.69) is 33.7 Å². The van der Waals surface area contributed by atoms with Gasteiger partial charge in [-0.2, -0.15) is 0 Å². The predicted molar refractivity (Wildman–Crippen MR) is 115 cm³/mol. The van der Waals surface area contributed by atoms with Crippen molar-refractivity contribution < 1.29 is 4.79 Å². The van der Waals surface area contributed by atoms with E-state index in [1.807, 2.05) is 19.9 Å². The van der Waals surface area contributed by atoms with Gasteiger partial charge in [-0.1, -0.05) is 12.1 Å². The largest absolute Gasteiger partial charge is 0.342 e. The molecular weight excluding hydrogens is 376 g/mol. The minimum Gasteiger partial charge on any atom is -0.342 e. The van der Waals surface area contributed by atoms with Crippen LogP contribution >= 0.6 is 23.1 Å². The quantitative estimate of drug-likeness (QED) is 0.775. The number of para-hydroxylation sites is 1. The van der Waals surface area contributed by atoms with Gasteiger partial charge in [0.2, 0.25) is 5.91 Å². The van der Waals surface area contributed by atoms with Crippen LogP contribution in [0.25, 0.3) is 10.2 Å². The number of piperazine rings is 1. The molecule has 2 aliphatic rings. The Balaban J connectivity index is 1.50. The fraction of sp³-hybridized carbons (Fsp3) is 0.600. The normalized spacial score (nSPS) is 24.2. The van der Waals surface area contributed by atoms with Crippen molar-refractivity contribution in [2.24, 2.45) is 0 Å². The van der Waals surface area contributed by atoms with Crippen molar-refractivity contribution in [1.29, 1.82) is 0 Å². The smallest absolute Gasteiger partial charge is 0.236 e. The van der Waals surface area contributed by atoms with Crippen LogP contribution in [-0.2, 0) is 4.79 Å². The van der Waals surface area contributed by atoms with Gasteiger partial charge in [0.1, 0.15) is 0 Å². The first-order chi connectivity index (χ1) is 13.0. The van der Waals surface area contributed by atoms with Crippen molar-refractivity contribution in [3.05, 3.63) is 29.3 Å². The number of carbonyl (C=O) groups is 1. The predicted octanol–water partition coefficient (Wildman–Crippen LogP) is 3.03. The van der Waals surface area contributed by atoms with Gasteiger partial charge in [0.15, 0.2) is 0 Å². The summed E-state index contributed by atoms with van der Waals surface area (Å²) in [5.41, 5.74) is 1.07. The lowest BCUT2D eigenvalue weighted by Gasteiger charge is -2.28. The van der Waals surface area contributed by atoms with E-state index in [1.165, 1.54) is 4.70 Å². The van der Waals surface area contributed by atoms with Crippen LogP contribution in [0.2, 0.25) is 0 Å². The molecule has 0 spiro atoms. The highest BCUT2D eigenvalue weighted by molar-refractivity contribution is 8.02. The highest BCUT2D eigenvalue weighted by Gasteiger charge is 2.43. The Labute approximate surface area is 169 Å². The van der Waals surface area contributed by atoms with E-state index in [4.69, 9.17) is 4.98 Å². The van der Waals surface area contributed by atoms with Crippen molar-refractivity contribution in [1.82, 2.24) is 20.5 Å². The Morgan fingerprint density at radius 3 is 2.78 bits per heavy atom. The van der Waals surface area contributed by atoms with Gasteiger partial charge >= 0.3 is 0 Å². The number of aromatic nitrogens is 1. The Morgan fingerprint density at radius 2 is 2.07 bits per heavy atom. The van der Waals surface area contributed by atoms with E-state index in [9.17, 15) is 4.79 Å². The van der Waals surface area contributed by atoms with Crippen LogP contribution in [0.5, 0.6) is 0 Å². The van der Waals surface area contributed by atoms with Crippen molar-refractivity contribution in [2.75, 3.05) is 32.7 Å². The molecule has 1 aromatic carbocycles. The maximum atomic E-state index is 12.4. The first-order valence-electron chi connectivity index (χ1n) is 9.80. The molecule has 2 fully saturated rings. The highest BCUT2D eigenvalue weighted by Crippen LogP contribution is 2.43. The lowest BCUT2D eigenvalue weighted by molar-refractivity contribution is -0.122. The van der Waals surface area contributed by atoms with Crippen molar-refractivity contribution in [2.45, 2.75) is 42.7 Å². The molecule has 2 aromatic rings. The third kappa shape index (κ3) is 4.31. The maximum absolute atomic E-state index is 12.4. The fourth-order valence-corrected chi connectivity index (χ4v) is 6.43. The Morgan fingerprint density at radius 1 is 1.30 bits per heavy atom. The van der Waals surface area contributed by atoms with E-state index in [-0.39, 0.29) is 21.9 Å². The van der Waals surface area contributed by atoms with Crippen LogP contribution < -0.4 is 10.6 Å². The van der Waals surface area contributed by atoms with E-state index < -0.39 is 0 Å². The molecule has 0 saturated carbocycles. The summed E-state index contributed by atoms with van der Waals surface area (Å²) in [6.45, 7) is 9.60. The van der Waals surface area contributed by atoms with Crippen LogP contribution in [0.15, 0.2) is 24.3 Å². The lowest BCUT2D eigenvalue weighted by Crippen LogP contribution is -2.43. The number of thioether (sulfide) groups is 1. The molecule has 1 amide bonds. The molecule has 4 rings (SSSR count). The lowest BCUT2D eigenvalue weighted by atomic mass is 10.0. The first-order valence-corrected chi connectivity index (χ1v) is 11.5. The molecule has 7 heteroatoms. The molecule has 27 heavy (non-hydrogen) atoms. The van der Waals surface area contributed by atoms with Crippen molar-refractivity contribution in [3.8, 4) is 0 Å². The second-order valence-corrected chi connectivity index (χ2v) is 10.7. The van der Waals surface area contributed by atoms with Gasteiger partial charge < -0.3 is 15.5 Å². The van der Waals surface area contributed by atoms with Crippen molar-refractivity contribution >= 4 is 39.2 Å². The molecule has 0 bridgehead atoms. The van der Waals surface area contributed by atoms with E-state index >= 15 is 0 Å². The van der Waals surface area contributed by atoms with Crippen LogP contribution in [0.3, 0.4) is 0 Å². The van der Waals surface area contributed by atoms with Gasteiger partial charge in [-0.15, -0.1) is 23.1 Å². The van der Waals surface area contributed by atoms with Gasteiger partial charge in [-0.25, -0.2) is 4.98 Å². The zero-order valence-electron chi connectivity index (χ0n) is 16.0. The summed E-state index contributed by atoms with van der Waals surface area (Å²) < 4.78 is 0.867. The first kappa shape index (κ1) is 19.2. The number of rotatable bonds is 6. The molecule has 2 aliphatic heterocycles. The van der Waals surface area contributed by atoms with Gasteiger partial charge in [-0.3, -0.25) is 4.79 Å². The second kappa shape index (κ2) is 8.07. The molecule has 5 nitrogen and oxygen atoms in total. The molecule has 0 aliphatic carbocycles.